The minimum Gasteiger partial charge on any atom is -0.324 e. The molecular weight excluding hydrogens is 312 g/mol. The van der Waals surface area contributed by atoms with Gasteiger partial charge >= 0.3 is 0 Å². The molecule has 1 heterocycles. The van der Waals surface area contributed by atoms with Gasteiger partial charge in [-0.2, -0.15) is 0 Å². The minimum absolute atomic E-state index is 0.0908. The molecule has 1 N–H and O–H groups in total. The number of allylic oxidation sites excluding steroid dienone is 1. The van der Waals surface area contributed by atoms with Crippen LogP contribution in [0.2, 0.25) is 0 Å². The third-order valence-electron chi connectivity index (χ3n) is 3.12. The fraction of sp³-hybridized carbons (Fsp3) is 0.250. The molecule has 0 saturated heterocycles. The van der Waals surface area contributed by atoms with Crippen LogP contribution in [0.3, 0.4) is 0 Å². The van der Waals surface area contributed by atoms with Crippen molar-refractivity contribution in [2.75, 3.05) is 5.32 Å². The van der Waals surface area contributed by atoms with Crippen LogP contribution >= 0.6 is 11.8 Å². The van der Waals surface area contributed by atoms with E-state index >= 15 is 0 Å². The number of thioether (sulfide) groups is 1. The summed E-state index contributed by atoms with van der Waals surface area (Å²) in [7, 11) is 0. The summed E-state index contributed by atoms with van der Waals surface area (Å²) in [6.07, 6.45) is 3.33. The van der Waals surface area contributed by atoms with E-state index < -0.39 is 0 Å². The summed E-state index contributed by atoms with van der Waals surface area (Å²) in [6.45, 7) is 7.51. The predicted octanol–water partition coefficient (Wildman–Crippen LogP) is 2.79. The number of Topliss-reactive ketones (excluding diaryl/α,β-unsaturated/α-hetero) is 1. The summed E-state index contributed by atoms with van der Waals surface area (Å²) in [5.74, 6) is -0.288. The Morgan fingerprint density at radius 1 is 1.43 bits per heavy atom. The van der Waals surface area contributed by atoms with Crippen molar-refractivity contribution in [3.05, 3.63) is 48.8 Å². The largest absolute Gasteiger partial charge is 0.324 e. The van der Waals surface area contributed by atoms with E-state index in [0.717, 1.165) is 0 Å². The zero-order valence-corrected chi connectivity index (χ0v) is 13.8. The highest BCUT2D eigenvalue weighted by Crippen LogP contribution is 2.23. The number of carbonyl (C=O) groups excluding carboxylic acids is 2. The molecular formula is C16H18N4O2S. The topological polar surface area (TPSA) is 76.9 Å². The van der Waals surface area contributed by atoms with Crippen molar-refractivity contribution in [1.29, 1.82) is 0 Å². The SMILES string of the molecule is C=CCn1cnnc1S[C@@H](C)C(=O)Nc1ccccc1C(C)=O. The number of nitrogens with one attached hydrogen (secondary N) is 1. The van der Waals surface area contributed by atoms with Gasteiger partial charge in [-0.25, -0.2) is 0 Å². The van der Waals surface area contributed by atoms with E-state index in [4.69, 9.17) is 0 Å². The molecule has 0 saturated carbocycles. The highest BCUT2D eigenvalue weighted by molar-refractivity contribution is 8.00. The number of aromatic nitrogens is 3. The number of anilines is 1. The summed E-state index contributed by atoms with van der Waals surface area (Å²) < 4.78 is 1.81. The summed E-state index contributed by atoms with van der Waals surface area (Å²) >= 11 is 1.30. The van der Waals surface area contributed by atoms with Gasteiger partial charge in [0.1, 0.15) is 6.33 Å². The van der Waals surface area contributed by atoms with E-state index in [1.54, 1.807) is 43.6 Å². The number of para-hydroxylation sites is 1. The molecule has 0 bridgehead atoms. The third kappa shape index (κ3) is 4.29. The molecule has 0 aliphatic heterocycles. The normalized spacial score (nSPS) is 11.7. The molecule has 2 rings (SSSR count). The number of ketones is 1. The first-order chi connectivity index (χ1) is 11.0. The Labute approximate surface area is 139 Å². The maximum atomic E-state index is 12.4. The van der Waals surface area contributed by atoms with Crippen LogP contribution in [0.1, 0.15) is 24.2 Å². The van der Waals surface area contributed by atoms with E-state index in [-0.39, 0.29) is 16.9 Å². The molecule has 1 atom stereocenters. The van der Waals surface area contributed by atoms with Gasteiger partial charge in [0, 0.05) is 12.1 Å². The second-order valence-corrected chi connectivity index (χ2v) is 6.21. The Morgan fingerprint density at radius 2 is 2.17 bits per heavy atom. The smallest absolute Gasteiger partial charge is 0.237 e. The molecule has 0 radical (unpaired) electrons. The number of amides is 1. The van der Waals surface area contributed by atoms with Crippen LogP contribution in [0, 0.1) is 0 Å². The summed E-state index contributed by atoms with van der Waals surface area (Å²) in [6, 6.07) is 6.95. The Hall–Kier alpha value is -2.41. The quantitative estimate of drug-likeness (QED) is 0.480. The van der Waals surface area contributed by atoms with Crippen LogP contribution in [0.5, 0.6) is 0 Å². The van der Waals surface area contributed by atoms with Crippen LogP contribution in [0.25, 0.3) is 0 Å². The lowest BCUT2D eigenvalue weighted by Gasteiger charge is -2.13. The van der Waals surface area contributed by atoms with Gasteiger partial charge < -0.3 is 9.88 Å². The van der Waals surface area contributed by atoms with Crippen molar-refractivity contribution in [1.82, 2.24) is 14.8 Å². The Balaban J connectivity index is 2.07. The number of hydrogen-bond donors (Lipinski definition) is 1. The molecule has 1 aromatic carbocycles. The van der Waals surface area contributed by atoms with Crippen molar-refractivity contribution in [2.24, 2.45) is 0 Å². The number of benzene rings is 1. The van der Waals surface area contributed by atoms with Crippen molar-refractivity contribution >= 4 is 29.1 Å². The molecule has 0 aliphatic rings. The van der Waals surface area contributed by atoms with E-state index in [0.29, 0.717) is 23.0 Å². The highest BCUT2D eigenvalue weighted by Gasteiger charge is 2.19. The molecule has 7 heteroatoms. The van der Waals surface area contributed by atoms with Crippen molar-refractivity contribution in [3.8, 4) is 0 Å². The zero-order valence-electron chi connectivity index (χ0n) is 13.0. The van der Waals surface area contributed by atoms with Crippen LogP contribution in [0.4, 0.5) is 5.69 Å². The van der Waals surface area contributed by atoms with Gasteiger partial charge in [-0.05, 0) is 26.0 Å². The fourth-order valence-corrected chi connectivity index (χ4v) is 2.78. The van der Waals surface area contributed by atoms with Gasteiger partial charge in [0.25, 0.3) is 0 Å². The average molecular weight is 330 g/mol. The first-order valence-electron chi connectivity index (χ1n) is 7.09. The molecule has 0 unspecified atom stereocenters. The molecule has 120 valence electrons. The lowest BCUT2D eigenvalue weighted by atomic mass is 10.1. The van der Waals surface area contributed by atoms with Gasteiger partial charge in [0.05, 0.1) is 10.9 Å². The second-order valence-electron chi connectivity index (χ2n) is 4.91. The third-order valence-corrected chi connectivity index (χ3v) is 4.22. The van der Waals surface area contributed by atoms with E-state index in [2.05, 4.69) is 22.1 Å². The summed E-state index contributed by atoms with van der Waals surface area (Å²) in [5, 5.41) is 10.9. The predicted molar refractivity (Wildman–Crippen MR) is 90.6 cm³/mol. The number of carbonyl (C=O) groups is 2. The lowest BCUT2D eigenvalue weighted by Crippen LogP contribution is -2.24. The fourth-order valence-electron chi connectivity index (χ4n) is 1.95. The number of hydrogen-bond acceptors (Lipinski definition) is 5. The number of nitrogens with zero attached hydrogens (tertiary/aromatic N) is 3. The van der Waals surface area contributed by atoms with Crippen molar-refractivity contribution in [2.45, 2.75) is 30.8 Å². The molecule has 0 aliphatic carbocycles. The van der Waals surface area contributed by atoms with E-state index in [1.165, 1.54) is 18.7 Å². The Kier molecular flexibility index (Phi) is 5.70. The lowest BCUT2D eigenvalue weighted by molar-refractivity contribution is -0.115. The summed E-state index contributed by atoms with van der Waals surface area (Å²) in [4.78, 5) is 24.0. The van der Waals surface area contributed by atoms with Crippen LogP contribution in [0.15, 0.2) is 48.4 Å². The Bertz CT molecular complexity index is 726. The molecule has 0 fully saturated rings. The molecule has 6 nitrogen and oxygen atoms in total. The zero-order chi connectivity index (χ0) is 16.8. The van der Waals surface area contributed by atoms with Crippen LogP contribution in [-0.4, -0.2) is 31.7 Å². The Morgan fingerprint density at radius 3 is 2.87 bits per heavy atom. The monoisotopic (exact) mass is 330 g/mol. The highest BCUT2D eigenvalue weighted by atomic mass is 32.2. The molecule has 1 amide bonds. The van der Waals surface area contributed by atoms with Crippen LogP contribution in [-0.2, 0) is 11.3 Å². The minimum atomic E-state index is -0.386. The number of rotatable bonds is 7. The van der Waals surface area contributed by atoms with Gasteiger partial charge in [-0.15, -0.1) is 16.8 Å². The van der Waals surface area contributed by atoms with Gasteiger partial charge in [-0.3, -0.25) is 9.59 Å². The van der Waals surface area contributed by atoms with E-state index in [9.17, 15) is 9.59 Å². The molecule has 0 spiro atoms. The molecule has 23 heavy (non-hydrogen) atoms. The van der Waals surface area contributed by atoms with Crippen molar-refractivity contribution < 1.29 is 9.59 Å². The average Bonchev–Trinajstić information content (AvgIpc) is 2.95. The van der Waals surface area contributed by atoms with Crippen molar-refractivity contribution in [3.63, 3.8) is 0 Å². The summed E-state index contributed by atoms with van der Waals surface area (Å²) in [5.41, 5.74) is 1.01. The van der Waals surface area contributed by atoms with Crippen LogP contribution < -0.4 is 5.32 Å². The maximum Gasteiger partial charge on any atom is 0.237 e. The first-order valence-corrected chi connectivity index (χ1v) is 7.97. The van der Waals surface area contributed by atoms with Gasteiger partial charge in [-0.1, -0.05) is 30.0 Å². The van der Waals surface area contributed by atoms with Gasteiger partial charge in [0.2, 0.25) is 5.91 Å². The molecule has 2 aromatic rings. The first kappa shape index (κ1) is 17.0. The maximum absolute atomic E-state index is 12.4. The van der Waals surface area contributed by atoms with E-state index in [1.807, 2.05) is 4.57 Å². The standard InChI is InChI=1S/C16H18N4O2S/c1-4-9-20-10-17-19-16(20)23-12(3)15(22)18-14-8-6-5-7-13(14)11(2)21/h4-8,10,12H,1,9H2,2-3H3,(H,18,22)/t12-/m0/s1. The molecule has 1 aromatic heterocycles. The second kappa shape index (κ2) is 7.73. The van der Waals surface area contributed by atoms with Gasteiger partial charge in [0.15, 0.2) is 10.9 Å².